The number of hydrogen-bond acceptors (Lipinski definition) is 4. The monoisotopic (exact) mass is 548 g/mol. The number of halogens is 1. The van der Waals surface area contributed by atoms with Crippen LogP contribution in [0.15, 0.2) is 53.7 Å². The van der Waals surface area contributed by atoms with Gasteiger partial charge in [-0.25, -0.2) is 0 Å². The molecule has 0 amide bonds. The van der Waals surface area contributed by atoms with Crippen molar-refractivity contribution in [3.63, 3.8) is 0 Å². The zero-order chi connectivity index (χ0) is 21.5. The van der Waals surface area contributed by atoms with Crippen molar-refractivity contribution < 1.29 is 4.74 Å². The third kappa shape index (κ3) is 6.19. The van der Waals surface area contributed by atoms with Gasteiger partial charge in [0.1, 0.15) is 5.82 Å². The van der Waals surface area contributed by atoms with Gasteiger partial charge in [0, 0.05) is 44.8 Å². The highest BCUT2D eigenvalue weighted by Crippen LogP contribution is 2.33. The lowest BCUT2D eigenvalue weighted by Crippen LogP contribution is -2.39. The van der Waals surface area contributed by atoms with E-state index in [0.717, 1.165) is 62.9 Å². The van der Waals surface area contributed by atoms with E-state index < -0.39 is 0 Å². The van der Waals surface area contributed by atoms with Crippen LogP contribution in [-0.4, -0.2) is 46.8 Å². The summed E-state index contributed by atoms with van der Waals surface area (Å²) in [5.41, 5.74) is 3.40. The maximum Gasteiger partial charge on any atom is 0.191 e. The summed E-state index contributed by atoms with van der Waals surface area (Å²) in [5.74, 6) is 2.16. The molecule has 1 fully saturated rings. The highest BCUT2D eigenvalue weighted by molar-refractivity contribution is 14.0. The topological polar surface area (TPSA) is 75.8 Å². The fourth-order valence-corrected chi connectivity index (χ4v) is 4.06. The van der Waals surface area contributed by atoms with Crippen LogP contribution in [0.25, 0.3) is 5.65 Å². The molecule has 4 rings (SSSR count). The molecule has 3 heterocycles. The van der Waals surface area contributed by atoms with E-state index in [4.69, 9.17) is 9.73 Å². The average Bonchev–Trinajstić information content (AvgIpc) is 3.21. The molecule has 0 bridgehead atoms. The van der Waals surface area contributed by atoms with Gasteiger partial charge in [0.25, 0.3) is 0 Å². The van der Waals surface area contributed by atoms with Gasteiger partial charge in [0.15, 0.2) is 11.6 Å². The van der Waals surface area contributed by atoms with Crippen molar-refractivity contribution in [2.45, 2.75) is 39.2 Å². The Bertz CT molecular complexity index is 1000. The van der Waals surface area contributed by atoms with Crippen LogP contribution in [0.1, 0.15) is 42.8 Å². The van der Waals surface area contributed by atoms with Crippen molar-refractivity contribution in [2.24, 2.45) is 10.9 Å². The second-order valence-electron chi connectivity index (χ2n) is 8.05. The number of aromatic nitrogens is 3. The van der Waals surface area contributed by atoms with Crippen LogP contribution in [0, 0.1) is 12.8 Å². The lowest BCUT2D eigenvalue weighted by molar-refractivity contribution is -0.0250. The minimum atomic E-state index is 0. The summed E-state index contributed by atoms with van der Waals surface area (Å²) < 4.78 is 8.18. The van der Waals surface area contributed by atoms with Crippen LogP contribution >= 0.6 is 24.0 Å². The summed E-state index contributed by atoms with van der Waals surface area (Å²) in [6.45, 7) is 7.32. The molecule has 32 heavy (non-hydrogen) atoms. The molecule has 2 unspecified atom stereocenters. The number of nitrogens with zero attached hydrogens (tertiary/aromatic N) is 4. The van der Waals surface area contributed by atoms with E-state index in [1.807, 2.05) is 28.8 Å². The Morgan fingerprint density at radius 3 is 2.81 bits per heavy atom. The summed E-state index contributed by atoms with van der Waals surface area (Å²) in [6, 6.07) is 14.6. The zero-order valence-corrected chi connectivity index (χ0v) is 21.2. The standard InChI is InChI=1S/C24H32N6O.HI/c1-3-25-24(26-14-13-22-29-28-21-8-4-5-15-30(21)22)27-17-20-7-6-16-31-23(20)19-11-9-18(2)10-12-19;/h4-5,8-12,15,20,23H,3,6-7,13-14,16-17H2,1-2H3,(H2,25,26,27);1H. The first kappa shape index (κ1) is 24.4. The van der Waals surface area contributed by atoms with E-state index in [9.17, 15) is 0 Å². The first-order chi connectivity index (χ1) is 15.2. The molecule has 7 nitrogen and oxygen atoms in total. The number of pyridine rings is 1. The Morgan fingerprint density at radius 1 is 1.16 bits per heavy atom. The van der Waals surface area contributed by atoms with Gasteiger partial charge in [-0.3, -0.25) is 9.39 Å². The molecular weight excluding hydrogens is 515 g/mol. The molecule has 1 saturated heterocycles. The molecule has 0 saturated carbocycles. The normalized spacial score (nSPS) is 18.9. The Balaban J connectivity index is 0.00000289. The van der Waals surface area contributed by atoms with Gasteiger partial charge < -0.3 is 15.4 Å². The third-order valence-corrected chi connectivity index (χ3v) is 5.70. The van der Waals surface area contributed by atoms with Gasteiger partial charge in [-0.05, 0) is 44.4 Å². The van der Waals surface area contributed by atoms with Crippen molar-refractivity contribution in [3.05, 3.63) is 65.6 Å². The van der Waals surface area contributed by atoms with Crippen LogP contribution in [-0.2, 0) is 11.2 Å². The maximum absolute atomic E-state index is 6.15. The summed E-state index contributed by atoms with van der Waals surface area (Å²) >= 11 is 0. The fourth-order valence-electron chi connectivity index (χ4n) is 4.06. The zero-order valence-electron chi connectivity index (χ0n) is 18.8. The number of fused-ring (bicyclic) bond motifs is 1. The molecule has 0 spiro atoms. The van der Waals surface area contributed by atoms with E-state index in [1.54, 1.807) is 0 Å². The van der Waals surface area contributed by atoms with Crippen molar-refractivity contribution in [1.82, 2.24) is 25.2 Å². The number of hydrogen-bond donors (Lipinski definition) is 2. The molecule has 2 aromatic heterocycles. The van der Waals surface area contributed by atoms with E-state index >= 15 is 0 Å². The van der Waals surface area contributed by atoms with Crippen LogP contribution in [0.2, 0.25) is 0 Å². The first-order valence-electron chi connectivity index (χ1n) is 11.2. The maximum atomic E-state index is 6.15. The molecule has 1 aromatic carbocycles. The highest BCUT2D eigenvalue weighted by atomic mass is 127. The van der Waals surface area contributed by atoms with Gasteiger partial charge in [-0.1, -0.05) is 35.9 Å². The molecule has 0 aliphatic carbocycles. The minimum Gasteiger partial charge on any atom is -0.373 e. The Kier molecular flexibility index (Phi) is 9.28. The molecule has 8 heteroatoms. The van der Waals surface area contributed by atoms with E-state index in [-0.39, 0.29) is 30.1 Å². The predicted octanol–water partition coefficient (Wildman–Crippen LogP) is 3.92. The largest absolute Gasteiger partial charge is 0.373 e. The van der Waals surface area contributed by atoms with Crippen LogP contribution < -0.4 is 10.6 Å². The Hall–Kier alpha value is -2.20. The lowest BCUT2D eigenvalue weighted by Gasteiger charge is -2.31. The minimum absolute atomic E-state index is 0. The van der Waals surface area contributed by atoms with Crippen molar-refractivity contribution in [2.75, 3.05) is 26.2 Å². The predicted molar refractivity (Wildman–Crippen MR) is 139 cm³/mol. The summed E-state index contributed by atoms with van der Waals surface area (Å²) in [5, 5.41) is 15.3. The lowest BCUT2D eigenvalue weighted by atomic mass is 9.89. The quantitative estimate of drug-likeness (QED) is 0.266. The highest BCUT2D eigenvalue weighted by Gasteiger charge is 2.27. The first-order valence-corrected chi connectivity index (χ1v) is 11.2. The van der Waals surface area contributed by atoms with Gasteiger partial charge in [0.2, 0.25) is 0 Å². The molecule has 0 radical (unpaired) electrons. The third-order valence-electron chi connectivity index (χ3n) is 5.70. The molecular formula is C24H33IN6O. The number of aryl methyl sites for hydroxylation is 1. The van der Waals surface area contributed by atoms with Crippen molar-refractivity contribution in [1.29, 1.82) is 0 Å². The van der Waals surface area contributed by atoms with E-state index in [0.29, 0.717) is 5.92 Å². The fraction of sp³-hybridized carbons (Fsp3) is 0.458. The molecule has 1 aliphatic rings. The second kappa shape index (κ2) is 12.2. The van der Waals surface area contributed by atoms with E-state index in [1.165, 1.54) is 11.1 Å². The molecule has 3 aromatic rings. The number of nitrogens with one attached hydrogen (secondary N) is 2. The number of benzene rings is 1. The van der Waals surface area contributed by atoms with Crippen molar-refractivity contribution in [3.8, 4) is 0 Å². The average molecular weight is 548 g/mol. The summed E-state index contributed by atoms with van der Waals surface area (Å²) in [7, 11) is 0. The van der Waals surface area contributed by atoms with E-state index in [2.05, 4.69) is 58.9 Å². The van der Waals surface area contributed by atoms with Crippen LogP contribution in [0.4, 0.5) is 0 Å². The molecule has 2 atom stereocenters. The number of ether oxygens (including phenoxy) is 1. The van der Waals surface area contributed by atoms with Crippen LogP contribution in [0.5, 0.6) is 0 Å². The van der Waals surface area contributed by atoms with Gasteiger partial charge >= 0.3 is 0 Å². The van der Waals surface area contributed by atoms with Gasteiger partial charge in [0.05, 0.1) is 6.10 Å². The van der Waals surface area contributed by atoms with Crippen LogP contribution in [0.3, 0.4) is 0 Å². The Morgan fingerprint density at radius 2 is 2.00 bits per heavy atom. The SMILES string of the molecule is CCNC(=NCC1CCCOC1c1ccc(C)cc1)NCCc1nnc2ccccn12.I. The smallest absolute Gasteiger partial charge is 0.191 e. The van der Waals surface area contributed by atoms with Gasteiger partial charge in [-0.15, -0.1) is 34.2 Å². The number of rotatable bonds is 7. The molecule has 2 N–H and O–H groups in total. The number of aliphatic imine (C=N–C) groups is 1. The summed E-state index contributed by atoms with van der Waals surface area (Å²) in [6.07, 6.45) is 5.11. The summed E-state index contributed by atoms with van der Waals surface area (Å²) in [4.78, 5) is 4.88. The molecule has 1 aliphatic heterocycles. The Labute approximate surface area is 207 Å². The number of guanidine groups is 1. The second-order valence-corrected chi connectivity index (χ2v) is 8.05. The van der Waals surface area contributed by atoms with Crippen molar-refractivity contribution >= 4 is 35.6 Å². The molecule has 172 valence electrons. The van der Waals surface area contributed by atoms with Gasteiger partial charge in [-0.2, -0.15) is 0 Å².